The minimum atomic E-state index is 0.214. The van der Waals surface area contributed by atoms with Crippen LogP contribution in [0.1, 0.15) is 21.8 Å². The zero-order valence-electron chi connectivity index (χ0n) is 5.43. The van der Waals surface area contributed by atoms with E-state index in [1.165, 1.54) is 0 Å². The molecule has 0 N–H and O–H groups in total. The molecule has 0 unspecified atom stereocenters. The normalized spacial score (nSPS) is 9.80. The lowest BCUT2D eigenvalue weighted by atomic mass is 10.2. The maximum Gasteiger partial charge on any atom is 0.155 e. The van der Waals surface area contributed by atoms with Gasteiger partial charge in [-0.15, -0.1) is 11.6 Å². The van der Waals surface area contributed by atoms with Crippen LogP contribution in [0.15, 0.2) is 4.52 Å². The highest BCUT2D eigenvalue weighted by atomic mass is 35.5. The average Bonchev–Trinajstić information content (AvgIpc) is 2.30. The van der Waals surface area contributed by atoms with Crippen LogP contribution >= 0.6 is 11.6 Å². The SMILES string of the molecule is Cc1onc(CCl)c1C=O. The Kier molecular flexibility index (Phi) is 2.06. The maximum absolute atomic E-state index is 10.3. The van der Waals surface area contributed by atoms with Gasteiger partial charge in [0.15, 0.2) is 6.29 Å². The fourth-order valence-corrected chi connectivity index (χ4v) is 0.865. The van der Waals surface area contributed by atoms with Crippen molar-refractivity contribution in [3.8, 4) is 0 Å². The molecule has 0 aromatic carbocycles. The van der Waals surface area contributed by atoms with E-state index in [-0.39, 0.29) is 5.88 Å². The van der Waals surface area contributed by atoms with Crippen molar-refractivity contribution in [1.82, 2.24) is 5.16 Å². The van der Waals surface area contributed by atoms with Gasteiger partial charge in [-0.25, -0.2) is 0 Å². The predicted octanol–water partition coefficient (Wildman–Crippen LogP) is 1.53. The molecule has 0 amide bonds. The van der Waals surface area contributed by atoms with Crippen LogP contribution in [0.4, 0.5) is 0 Å². The number of aromatic nitrogens is 1. The lowest BCUT2D eigenvalue weighted by Crippen LogP contribution is -1.86. The number of nitrogens with zero attached hydrogens (tertiary/aromatic N) is 1. The topological polar surface area (TPSA) is 43.1 Å². The summed E-state index contributed by atoms with van der Waals surface area (Å²) in [6.07, 6.45) is 0.698. The molecule has 10 heavy (non-hydrogen) atoms. The summed E-state index contributed by atoms with van der Waals surface area (Å²) in [5.41, 5.74) is 0.976. The summed E-state index contributed by atoms with van der Waals surface area (Å²) in [6, 6.07) is 0. The van der Waals surface area contributed by atoms with Crippen molar-refractivity contribution in [3.05, 3.63) is 17.0 Å². The summed E-state index contributed by atoms with van der Waals surface area (Å²) in [5.74, 6) is 0.733. The van der Waals surface area contributed by atoms with Gasteiger partial charge in [0.25, 0.3) is 0 Å². The van der Waals surface area contributed by atoms with Crippen LogP contribution in [0.25, 0.3) is 0 Å². The number of aryl methyl sites for hydroxylation is 1. The largest absolute Gasteiger partial charge is 0.361 e. The number of carbonyl (C=O) groups is 1. The van der Waals surface area contributed by atoms with Crippen LogP contribution in [-0.2, 0) is 5.88 Å². The molecule has 3 nitrogen and oxygen atoms in total. The van der Waals surface area contributed by atoms with E-state index in [2.05, 4.69) is 5.16 Å². The van der Waals surface area contributed by atoms with Gasteiger partial charge in [-0.3, -0.25) is 4.79 Å². The number of carbonyl (C=O) groups excluding carboxylic acids is 1. The third-order valence-corrected chi connectivity index (χ3v) is 1.48. The van der Waals surface area contributed by atoms with Gasteiger partial charge in [-0.2, -0.15) is 0 Å². The summed E-state index contributed by atoms with van der Waals surface area (Å²) in [4.78, 5) is 10.3. The van der Waals surface area contributed by atoms with Crippen molar-refractivity contribution in [3.63, 3.8) is 0 Å². The molecule has 1 aromatic rings. The Bertz CT molecular complexity index is 244. The first kappa shape index (κ1) is 7.28. The molecule has 4 heteroatoms. The zero-order chi connectivity index (χ0) is 7.56. The van der Waals surface area contributed by atoms with Gasteiger partial charge in [0, 0.05) is 0 Å². The van der Waals surface area contributed by atoms with Crippen molar-refractivity contribution >= 4 is 17.9 Å². The Morgan fingerprint density at radius 1 is 1.80 bits per heavy atom. The smallest absolute Gasteiger partial charge is 0.155 e. The lowest BCUT2D eigenvalue weighted by Gasteiger charge is -1.83. The first-order valence-electron chi connectivity index (χ1n) is 2.76. The van der Waals surface area contributed by atoms with Gasteiger partial charge in [0.05, 0.1) is 11.4 Å². The molecular formula is C6H6ClNO2. The molecule has 0 radical (unpaired) electrons. The number of halogens is 1. The quantitative estimate of drug-likeness (QED) is 0.486. The molecule has 0 saturated carbocycles. The monoisotopic (exact) mass is 159 g/mol. The number of alkyl halides is 1. The van der Waals surface area contributed by atoms with Crippen molar-refractivity contribution in [2.75, 3.05) is 0 Å². The van der Waals surface area contributed by atoms with Gasteiger partial charge < -0.3 is 4.52 Å². The van der Waals surface area contributed by atoms with Crippen LogP contribution in [0.2, 0.25) is 0 Å². The van der Waals surface area contributed by atoms with Crippen LogP contribution < -0.4 is 0 Å². The molecule has 1 rings (SSSR count). The molecule has 0 aliphatic heterocycles. The molecular weight excluding hydrogens is 154 g/mol. The van der Waals surface area contributed by atoms with E-state index in [1.807, 2.05) is 0 Å². The Hall–Kier alpha value is -0.830. The summed E-state index contributed by atoms with van der Waals surface area (Å²) < 4.78 is 4.71. The molecule has 0 aliphatic rings. The van der Waals surface area contributed by atoms with Crippen LogP contribution in [-0.4, -0.2) is 11.4 Å². The molecule has 0 fully saturated rings. The zero-order valence-corrected chi connectivity index (χ0v) is 6.18. The summed E-state index contributed by atoms with van der Waals surface area (Å²) in [7, 11) is 0. The van der Waals surface area contributed by atoms with E-state index in [0.29, 0.717) is 23.3 Å². The van der Waals surface area contributed by atoms with Gasteiger partial charge in [-0.1, -0.05) is 5.16 Å². The first-order valence-corrected chi connectivity index (χ1v) is 3.29. The third-order valence-electron chi connectivity index (χ3n) is 1.23. The van der Waals surface area contributed by atoms with E-state index in [9.17, 15) is 4.79 Å². The molecule has 1 aromatic heterocycles. The third kappa shape index (κ3) is 1.04. The Balaban J connectivity index is 3.12. The average molecular weight is 160 g/mol. The number of rotatable bonds is 2. The summed E-state index contributed by atoms with van der Waals surface area (Å²) in [5, 5.41) is 3.57. The second-order valence-corrected chi connectivity index (χ2v) is 2.12. The van der Waals surface area contributed by atoms with E-state index >= 15 is 0 Å². The van der Waals surface area contributed by atoms with E-state index in [1.54, 1.807) is 6.92 Å². The van der Waals surface area contributed by atoms with Crippen molar-refractivity contribution in [2.24, 2.45) is 0 Å². The van der Waals surface area contributed by atoms with Gasteiger partial charge in [-0.05, 0) is 6.92 Å². The minimum absolute atomic E-state index is 0.214. The van der Waals surface area contributed by atoms with Crippen molar-refractivity contribution in [2.45, 2.75) is 12.8 Å². The number of hydrogen-bond acceptors (Lipinski definition) is 3. The highest BCUT2D eigenvalue weighted by Crippen LogP contribution is 2.11. The minimum Gasteiger partial charge on any atom is -0.361 e. The summed E-state index contributed by atoms with van der Waals surface area (Å²) in [6.45, 7) is 1.67. The second-order valence-electron chi connectivity index (χ2n) is 1.85. The van der Waals surface area contributed by atoms with Crippen LogP contribution in [0.5, 0.6) is 0 Å². The molecule has 0 spiro atoms. The predicted molar refractivity (Wildman–Crippen MR) is 36.2 cm³/mol. The van der Waals surface area contributed by atoms with E-state index in [0.717, 1.165) is 0 Å². The highest BCUT2D eigenvalue weighted by molar-refractivity contribution is 6.17. The molecule has 0 atom stereocenters. The molecule has 54 valence electrons. The Morgan fingerprint density at radius 3 is 2.90 bits per heavy atom. The van der Waals surface area contributed by atoms with Gasteiger partial charge >= 0.3 is 0 Å². The van der Waals surface area contributed by atoms with Crippen LogP contribution in [0, 0.1) is 6.92 Å². The van der Waals surface area contributed by atoms with Gasteiger partial charge in [0.2, 0.25) is 0 Å². The lowest BCUT2D eigenvalue weighted by molar-refractivity contribution is 0.112. The fraction of sp³-hybridized carbons (Fsp3) is 0.333. The number of hydrogen-bond donors (Lipinski definition) is 0. The molecule has 0 bridgehead atoms. The standard InChI is InChI=1S/C6H6ClNO2/c1-4-5(3-9)6(2-7)8-10-4/h3H,2H2,1H3. The van der Waals surface area contributed by atoms with E-state index < -0.39 is 0 Å². The summed E-state index contributed by atoms with van der Waals surface area (Å²) >= 11 is 5.44. The van der Waals surface area contributed by atoms with Crippen LogP contribution in [0.3, 0.4) is 0 Å². The molecule has 0 aliphatic carbocycles. The fourth-order valence-electron chi connectivity index (χ4n) is 0.672. The maximum atomic E-state index is 10.3. The molecule has 0 saturated heterocycles. The molecule has 1 heterocycles. The van der Waals surface area contributed by atoms with Gasteiger partial charge in [0.1, 0.15) is 11.5 Å². The second kappa shape index (κ2) is 2.84. The highest BCUT2D eigenvalue weighted by Gasteiger charge is 2.09. The first-order chi connectivity index (χ1) is 4.79. The Morgan fingerprint density at radius 2 is 2.50 bits per heavy atom. The Labute approximate surface area is 63.0 Å². The number of aldehydes is 1. The van der Waals surface area contributed by atoms with E-state index in [4.69, 9.17) is 16.1 Å². The van der Waals surface area contributed by atoms with Crippen molar-refractivity contribution in [1.29, 1.82) is 0 Å². The van der Waals surface area contributed by atoms with Crippen molar-refractivity contribution < 1.29 is 9.32 Å².